The van der Waals surface area contributed by atoms with Gasteiger partial charge in [0.25, 0.3) is 0 Å². The van der Waals surface area contributed by atoms with Gasteiger partial charge in [0.15, 0.2) is 0 Å². The number of nitrogens with zero attached hydrogens (tertiary/aromatic N) is 1. The zero-order valence-electron chi connectivity index (χ0n) is 7.79. The van der Waals surface area contributed by atoms with E-state index < -0.39 is 0 Å². The van der Waals surface area contributed by atoms with Gasteiger partial charge in [-0.1, -0.05) is 0 Å². The number of thiazole rings is 1. The van der Waals surface area contributed by atoms with Crippen LogP contribution in [0.1, 0.15) is 28.9 Å². The van der Waals surface area contributed by atoms with E-state index in [9.17, 15) is 0 Å². The molecule has 1 atom stereocenters. The summed E-state index contributed by atoms with van der Waals surface area (Å²) in [4.78, 5) is 5.68. The minimum Gasteiger partial charge on any atom is -0.393 e. The molecule has 1 aromatic heterocycles. The third kappa shape index (κ3) is 2.57. The van der Waals surface area contributed by atoms with Gasteiger partial charge in [-0.25, -0.2) is 4.98 Å². The summed E-state index contributed by atoms with van der Waals surface area (Å²) < 4.78 is 0. The maximum atomic E-state index is 9.07. The number of aliphatic hydroxyl groups is 1. The second kappa shape index (κ2) is 4.01. The van der Waals surface area contributed by atoms with Gasteiger partial charge >= 0.3 is 0 Å². The van der Waals surface area contributed by atoms with E-state index in [-0.39, 0.29) is 6.10 Å². The second-order valence-corrected chi connectivity index (χ2v) is 4.42. The van der Waals surface area contributed by atoms with E-state index >= 15 is 0 Å². The largest absolute Gasteiger partial charge is 0.393 e. The summed E-state index contributed by atoms with van der Waals surface area (Å²) in [5, 5.41) is 10.2. The van der Waals surface area contributed by atoms with Crippen molar-refractivity contribution in [2.24, 2.45) is 0 Å². The van der Waals surface area contributed by atoms with Crippen LogP contribution in [0.25, 0.3) is 0 Å². The van der Waals surface area contributed by atoms with Crippen LogP contribution in [0.15, 0.2) is 0 Å². The second-order valence-electron chi connectivity index (χ2n) is 3.14. The molecule has 0 saturated carbocycles. The Hall–Kier alpha value is -0.410. The molecule has 0 aliphatic rings. The number of aliphatic hydroxyl groups excluding tert-OH is 1. The first-order valence-electron chi connectivity index (χ1n) is 4.20. The smallest absolute Gasteiger partial charge is 0.0931 e. The van der Waals surface area contributed by atoms with E-state index in [1.807, 2.05) is 13.8 Å². The van der Waals surface area contributed by atoms with Crippen LogP contribution >= 0.6 is 11.3 Å². The van der Waals surface area contributed by atoms with Crippen molar-refractivity contribution in [3.63, 3.8) is 0 Å². The van der Waals surface area contributed by atoms with Crippen LogP contribution in [0.2, 0.25) is 0 Å². The first kappa shape index (κ1) is 9.68. The highest BCUT2D eigenvalue weighted by Gasteiger charge is 2.04. The van der Waals surface area contributed by atoms with Crippen LogP contribution in [-0.4, -0.2) is 16.2 Å². The van der Waals surface area contributed by atoms with Gasteiger partial charge in [0, 0.05) is 11.3 Å². The average Bonchev–Trinajstić information content (AvgIpc) is 2.28. The van der Waals surface area contributed by atoms with Crippen LogP contribution < -0.4 is 0 Å². The molecule has 2 nitrogen and oxygen atoms in total. The Labute approximate surface area is 77.3 Å². The number of aromatic nitrogens is 1. The molecule has 0 amide bonds. The molecule has 68 valence electrons. The maximum absolute atomic E-state index is 9.07. The Kier molecular flexibility index (Phi) is 3.23. The lowest BCUT2D eigenvalue weighted by atomic mass is 10.2. The predicted molar refractivity (Wildman–Crippen MR) is 51.6 cm³/mol. The van der Waals surface area contributed by atoms with Crippen LogP contribution in [-0.2, 0) is 6.42 Å². The van der Waals surface area contributed by atoms with Crippen molar-refractivity contribution < 1.29 is 5.11 Å². The van der Waals surface area contributed by atoms with Gasteiger partial charge in [0.1, 0.15) is 0 Å². The molecule has 0 aliphatic heterocycles. The molecule has 0 aromatic carbocycles. The van der Waals surface area contributed by atoms with E-state index in [0.717, 1.165) is 23.5 Å². The van der Waals surface area contributed by atoms with Crippen molar-refractivity contribution >= 4 is 11.3 Å². The fourth-order valence-corrected chi connectivity index (χ4v) is 1.93. The molecular weight excluding hydrogens is 170 g/mol. The highest BCUT2D eigenvalue weighted by molar-refractivity contribution is 7.11. The van der Waals surface area contributed by atoms with Crippen LogP contribution in [0.3, 0.4) is 0 Å². The molecule has 0 fully saturated rings. The highest BCUT2D eigenvalue weighted by atomic mass is 32.1. The van der Waals surface area contributed by atoms with E-state index in [0.29, 0.717) is 0 Å². The lowest BCUT2D eigenvalue weighted by Crippen LogP contribution is -2.00. The van der Waals surface area contributed by atoms with Crippen molar-refractivity contribution in [1.82, 2.24) is 4.98 Å². The molecule has 0 aliphatic carbocycles. The molecule has 1 rings (SSSR count). The quantitative estimate of drug-likeness (QED) is 0.782. The maximum Gasteiger partial charge on any atom is 0.0931 e. The summed E-state index contributed by atoms with van der Waals surface area (Å²) in [5.74, 6) is 0. The van der Waals surface area contributed by atoms with Crippen LogP contribution in [0, 0.1) is 13.8 Å². The Balaban J connectivity index is 2.53. The normalized spacial score (nSPS) is 13.3. The first-order chi connectivity index (χ1) is 5.59. The van der Waals surface area contributed by atoms with Crippen molar-refractivity contribution in [2.75, 3.05) is 0 Å². The molecule has 1 heterocycles. The fourth-order valence-electron chi connectivity index (χ4n) is 0.978. The Bertz CT molecular complexity index is 236. The summed E-state index contributed by atoms with van der Waals surface area (Å²) in [6.07, 6.45) is 1.50. The summed E-state index contributed by atoms with van der Waals surface area (Å²) in [6, 6.07) is 0. The molecule has 1 unspecified atom stereocenters. The Morgan fingerprint density at radius 1 is 1.50 bits per heavy atom. The minimum absolute atomic E-state index is 0.213. The van der Waals surface area contributed by atoms with E-state index in [1.54, 1.807) is 11.3 Å². The first-order valence-corrected chi connectivity index (χ1v) is 5.02. The van der Waals surface area contributed by atoms with Gasteiger partial charge in [0.05, 0.1) is 16.8 Å². The van der Waals surface area contributed by atoms with Crippen molar-refractivity contribution in [3.8, 4) is 0 Å². The molecule has 0 radical (unpaired) electrons. The zero-order chi connectivity index (χ0) is 9.14. The Morgan fingerprint density at radius 3 is 2.58 bits per heavy atom. The summed E-state index contributed by atoms with van der Waals surface area (Å²) in [7, 11) is 0. The SMILES string of the molecule is Cc1nc(CCC(C)O)sc1C. The summed E-state index contributed by atoms with van der Waals surface area (Å²) >= 11 is 1.73. The lowest BCUT2D eigenvalue weighted by Gasteiger charge is -1.99. The van der Waals surface area contributed by atoms with Gasteiger partial charge in [-0.3, -0.25) is 0 Å². The van der Waals surface area contributed by atoms with Gasteiger partial charge < -0.3 is 5.11 Å². The van der Waals surface area contributed by atoms with Crippen LogP contribution in [0.5, 0.6) is 0 Å². The predicted octanol–water partition coefficient (Wildman–Crippen LogP) is 2.07. The molecule has 12 heavy (non-hydrogen) atoms. The molecule has 0 spiro atoms. The average molecular weight is 185 g/mol. The molecular formula is C9H15NOS. The monoisotopic (exact) mass is 185 g/mol. The number of hydrogen-bond acceptors (Lipinski definition) is 3. The van der Waals surface area contributed by atoms with Crippen molar-refractivity contribution in [1.29, 1.82) is 0 Å². The lowest BCUT2D eigenvalue weighted by molar-refractivity contribution is 0.185. The van der Waals surface area contributed by atoms with Gasteiger partial charge in [-0.15, -0.1) is 11.3 Å². The Morgan fingerprint density at radius 2 is 2.17 bits per heavy atom. The molecule has 1 N–H and O–H groups in total. The zero-order valence-corrected chi connectivity index (χ0v) is 8.61. The van der Waals surface area contributed by atoms with Gasteiger partial charge in [0.2, 0.25) is 0 Å². The van der Waals surface area contributed by atoms with Crippen molar-refractivity contribution in [2.45, 2.75) is 39.7 Å². The fraction of sp³-hybridized carbons (Fsp3) is 0.667. The highest BCUT2D eigenvalue weighted by Crippen LogP contribution is 2.17. The molecule has 0 bridgehead atoms. The van der Waals surface area contributed by atoms with Crippen molar-refractivity contribution in [3.05, 3.63) is 15.6 Å². The van der Waals surface area contributed by atoms with Gasteiger partial charge in [-0.05, 0) is 27.2 Å². The molecule has 1 aromatic rings. The standard InChI is InChI=1S/C9H15NOS/c1-6(11)4-5-9-10-7(2)8(3)12-9/h6,11H,4-5H2,1-3H3. The molecule has 3 heteroatoms. The number of aryl methyl sites for hydroxylation is 3. The topological polar surface area (TPSA) is 33.1 Å². The number of hydrogen-bond donors (Lipinski definition) is 1. The molecule has 0 saturated heterocycles. The third-order valence-corrected chi connectivity index (χ3v) is 2.98. The third-order valence-electron chi connectivity index (χ3n) is 1.85. The summed E-state index contributed by atoms with van der Waals surface area (Å²) in [5.41, 5.74) is 1.13. The minimum atomic E-state index is -0.213. The van der Waals surface area contributed by atoms with E-state index in [1.165, 1.54) is 4.88 Å². The number of rotatable bonds is 3. The summed E-state index contributed by atoms with van der Waals surface area (Å²) in [6.45, 7) is 5.92. The van der Waals surface area contributed by atoms with Crippen LogP contribution in [0.4, 0.5) is 0 Å². The van der Waals surface area contributed by atoms with E-state index in [4.69, 9.17) is 5.11 Å². The van der Waals surface area contributed by atoms with Gasteiger partial charge in [-0.2, -0.15) is 0 Å². The van der Waals surface area contributed by atoms with E-state index in [2.05, 4.69) is 11.9 Å².